The number of anilines is 2. The molecule has 3 rings (SSSR count). The van der Waals surface area contributed by atoms with Crippen LogP contribution in [0.5, 0.6) is 5.75 Å². The van der Waals surface area contributed by atoms with Crippen molar-refractivity contribution in [1.82, 2.24) is 0 Å². The zero-order valence-corrected chi connectivity index (χ0v) is 10.6. The van der Waals surface area contributed by atoms with Crippen LogP contribution in [0.25, 0.3) is 0 Å². The number of carbonyl (C=O) groups is 2. The highest BCUT2D eigenvalue weighted by atomic mass is 16.5. The van der Waals surface area contributed by atoms with E-state index in [4.69, 9.17) is 4.74 Å². The number of benzene rings is 1. The van der Waals surface area contributed by atoms with Gasteiger partial charge < -0.3 is 15.4 Å². The van der Waals surface area contributed by atoms with Crippen LogP contribution < -0.4 is 15.4 Å². The van der Waals surface area contributed by atoms with Gasteiger partial charge in [-0.15, -0.1) is 0 Å². The maximum absolute atomic E-state index is 11.9. The van der Waals surface area contributed by atoms with Gasteiger partial charge in [0.05, 0.1) is 18.7 Å². The van der Waals surface area contributed by atoms with Crippen LogP contribution in [0.4, 0.5) is 11.4 Å². The van der Waals surface area contributed by atoms with Crippen LogP contribution >= 0.6 is 0 Å². The molecule has 0 bridgehead atoms. The highest BCUT2D eigenvalue weighted by Crippen LogP contribution is 2.32. The van der Waals surface area contributed by atoms with Gasteiger partial charge in [0.25, 0.3) is 0 Å². The van der Waals surface area contributed by atoms with E-state index >= 15 is 0 Å². The van der Waals surface area contributed by atoms with Crippen LogP contribution in [0, 0.1) is 5.92 Å². The monoisotopic (exact) mass is 260 g/mol. The Balaban J connectivity index is 1.76. The molecule has 1 aliphatic heterocycles. The first-order chi connectivity index (χ1) is 9.22. The second-order valence-electron chi connectivity index (χ2n) is 4.97. The molecule has 0 saturated heterocycles. The van der Waals surface area contributed by atoms with Crippen LogP contribution in [0.1, 0.15) is 25.7 Å². The van der Waals surface area contributed by atoms with Gasteiger partial charge in [-0.05, 0) is 31.0 Å². The minimum Gasteiger partial charge on any atom is -0.491 e. The molecule has 2 amide bonds. The Morgan fingerprint density at radius 1 is 1.37 bits per heavy atom. The van der Waals surface area contributed by atoms with E-state index in [9.17, 15) is 9.59 Å². The van der Waals surface area contributed by atoms with Crippen molar-refractivity contribution in [1.29, 1.82) is 0 Å². The third-order valence-corrected chi connectivity index (χ3v) is 3.58. The molecule has 0 unspecified atom stereocenters. The Morgan fingerprint density at radius 2 is 2.21 bits per heavy atom. The standard InChI is InChI=1S/C14H16N2O3/c17-13-6-7-19-12-5-4-10(8-11(12)16-13)15-14(18)9-2-1-3-9/h4-5,8-9H,1-3,6-7H2,(H,15,18)(H,16,17). The first kappa shape index (κ1) is 12.0. The Hall–Kier alpha value is -2.04. The van der Waals surface area contributed by atoms with E-state index in [1.54, 1.807) is 18.2 Å². The van der Waals surface area contributed by atoms with Gasteiger partial charge >= 0.3 is 0 Å². The van der Waals surface area contributed by atoms with Gasteiger partial charge in [-0.25, -0.2) is 0 Å². The third-order valence-electron chi connectivity index (χ3n) is 3.58. The molecule has 5 nitrogen and oxygen atoms in total. The lowest BCUT2D eigenvalue weighted by atomic mass is 9.85. The fraction of sp³-hybridized carbons (Fsp3) is 0.429. The number of fused-ring (bicyclic) bond motifs is 1. The van der Waals surface area contributed by atoms with Gasteiger partial charge in [-0.2, -0.15) is 0 Å². The molecular weight excluding hydrogens is 244 g/mol. The summed E-state index contributed by atoms with van der Waals surface area (Å²) >= 11 is 0. The Bertz CT molecular complexity index is 523. The average molecular weight is 260 g/mol. The lowest BCUT2D eigenvalue weighted by molar-refractivity contribution is -0.122. The van der Waals surface area contributed by atoms with Crippen LogP contribution in [0.3, 0.4) is 0 Å². The van der Waals surface area contributed by atoms with Crippen molar-refractivity contribution in [2.24, 2.45) is 5.92 Å². The molecule has 1 fully saturated rings. The summed E-state index contributed by atoms with van der Waals surface area (Å²) in [6, 6.07) is 5.32. The summed E-state index contributed by atoms with van der Waals surface area (Å²) in [5.74, 6) is 0.783. The molecule has 2 N–H and O–H groups in total. The smallest absolute Gasteiger partial charge is 0.227 e. The highest BCUT2D eigenvalue weighted by molar-refractivity contribution is 5.96. The van der Waals surface area contributed by atoms with Crippen molar-refractivity contribution in [3.05, 3.63) is 18.2 Å². The van der Waals surface area contributed by atoms with Gasteiger partial charge in [0.1, 0.15) is 5.75 Å². The number of amides is 2. The molecule has 19 heavy (non-hydrogen) atoms. The largest absolute Gasteiger partial charge is 0.491 e. The van der Waals surface area contributed by atoms with Crippen molar-refractivity contribution in [2.45, 2.75) is 25.7 Å². The molecule has 1 aromatic carbocycles. The number of hydrogen-bond acceptors (Lipinski definition) is 3. The molecule has 0 atom stereocenters. The van der Waals surface area contributed by atoms with Crippen molar-refractivity contribution in [2.75, 3.05) is 17.2 Å². The fourth-order valence-corrected chi connectivity index (χ4v) is 2.21. The summed E-state index contributed by atoms with van der Waals surface area (Å²) < 4.78 is 5.46. The van der Waals surface area contributed by atoms with Gasteiger partial charge in [0.2, 0.25) is 11.8 Å². The number of ether oxygens (including phenoxy) is 1. The first-order valence-electron chi connectivity index (χ1n) is 6.60. The van der Waals surface area contributed by atoms with E-state index < -0.39 is 0 Å². The summed E-state index contributed by atoms with van der Waals surface area (Å²) in [7, 11) is 0. The van der Waals surface area contributed by atoms with Crippen LogP contribution in [0.2, 0.25) is 0 Å². The minimum atomic E-state index is -0.0683. The fourth-order valence-electron chi connectivity index (χ4n) is 2.21. The number of hydrogen-bond donors (Lipinski definition) is 2. The van der Waals surface area contributed by atoms with Crippen molar-refractivity contribution >= 4 is 23.2 Å². The zero-order valence-electron chi connectivity index (χ0n) is 10.6. The number of rotatable bonds is 2. The molecule has 1 heterocycles. The first-order valence-corrected chi connectivity index (χ1v) is 6.60. The predicted molar refractivity (Wildman–Crippen MR) is 71.2 cm³/mol. The van der Waals surface area contributed by atoms with E-state index in [1.165, 1.54) is 0 Å². The maximum atomic E-state index is 11.9. The Morgan fingerprint density at radius 3 is 2.95 bits per heavy atom. The summed E-state index contributed by atoms with van der Waals surface area (Å²) in [6.07, 6.45) is 3.41. The predicted octanol–water partition coefficient (Wildman–Crippen LogP) is 2.15. The van der Waals surface area contributed by atoms with E-state index in [0.29, 0.717) is 30.2 Å². The van der Waals surface area contributed by atoms with E-state index in [1.807, 2.05) is 0 Å². The topological polar surface area (TPSA) is 67.4 Å². The lowest BCUT2D eigenvalue weighted by Gasteiger charge is -2.24. The highest BCUT2D eigenvalue weighted by Gasteiger charge is 2.25. The molecule has 0 spiro atoms. The normalized spacial score (nSPS) is 18.4. The summed E-state index contributed by atoms with van der Waals surface area (Å²) in [5, 5.41) is 5.66. The molecule has 1 aromatic rings. The molecule has 0 aromatic heterocycles. The van der Waals surface area contributed by atoms with Gasteiger partial charge in [0.15, 0.2) is 0 Å². The average Bonchev–Trinajstić information content (AvgIpc) is 2.46. The van der Waals surface area contributed by atoms with Gasteiger partial charge in [-0.3, -0.25) is 9.59 Å². The number of carbonyl (C=O) groups excluding carboxylic acids is 2. The van der Waals surface area contributed by atoms with Crippen LogP contribution in [-0.4, -0.2) is 18.4 Å². The van der Waals surface area contributed by atoms with Gasteiger partial charge in [0, 0.05) is 11.6 Å². The van der Waals surface area contributed by atoms with Crippen molar-refractivity contribution < 1.29 is 14.3 Å². The van der Waals surface area contributed by atoms with Crippen LogP contribution in [0.15, 0.2) is 18.2 Å². The van der Waals surface area contributed by atoms with Gasteiger partial charge in [-0.1, -0.05) is 6.42 Å². The molecule has 0 radical (unpaired) electrons. The molecule has 2 aliphatic rings. The summed E-state index contributed by atoms with van der Waals surface area (Å²) in [6.45, 7) is 0.382. The third kappa shape index (κ3) is 2.54. The lowest BCUT2D eigenvalue weighted by Crippen LogP contribution is -2.28. The summed E-state index contributed by atoms with van der Waals surface area (Å²) in [5.41, 5.74) is 1.32. The quantitative estimate of drug-likeness (QED) is 0.856. The molecule has 100 valence electrons. The molecular formula is C14H16N2O3. The zero-order chi connectivity index (χ0) is 13.2. The Labute approximate surface area is 111 Å². The molecule has 1 aliphatic carbocycles. The van der Waals surface area contributed by atoms with E-state index in [0.717, 1.165) is 19.3 Å². The second-order valence-corrected chi connectivity index (χ2v) is 4.97. The van der Waals surface area contributed by atoms with E-state index in [2.05, 4.69) is 10.6 Å². The SMILES string of the molecule is O=C1CCOc2ccc(NC(=O)C3CCC3)cc2N1. The van der Waals surface area contributed by atoms with E-state index in [-0.39, 0.29) is 17.7 Å². The minimum absolute atomic E-state index is 0.0621. The van der Waals surface area contributed by atoms with Crippen LogP contribution in [-0.2, 0) is 9.59 Å². The molecule has 5 heteroatoms. The second kappa shape index (κ2) is 4.91. The van der Waals surface area contributed by atoms with Crippen molar-refractivity contribution in [3.63, 3.8) is 0 Å². The van der Waals surface area contributed by atoms with Crippen molar-refractivity contribution in [3.8, 4) is 5.75 Å². The Kier molecular flexibility index (Phi) is 3.11. The number of nitrogens with one attached hydrogen (secondary N) is 2. The maximum Gasteiger partial charge on any atom is 0.227 e. The summed E-state index contributed by atoms with van der Waals surface area (Å²) in [4.78, 5) is 23.3. The molecule has 1 saturated carbocycles.